The Morgan fingerprint density at radius 1 is 1.47 bits per heavy atom. The smallest absolute Gasteiger partial charge is 0.317 e. The first-order valence-electron chi connectivity index (χ1n) is 5.69. The van der Waals surface area contributed by atoms with Crippen LogP contribution < -0.4 is 0 Å². The van der Waals surface area contributed by atoms with E-state index in [1.54, 1.807) is 4.52 Å². The van der Waals surface area contributed by atoms with Gasteiger partial charge < -0.3 is 5.11 Å². The molecule has 0 aliphatic heterocycles. The van der Waals surface area contributed by atoms with Gasteiger partial charge in [0.2, 0.25) is 0 Å². The van der Waals surface area contributed by atoms with Gasteiger partial charge in [0.1, 0.15) is 5.41 Å². The van der Waals surface area contributed by atoms with Crippen molar-refractivity contribution < 1.29 is 9.90 Å². The zero-order valence-corrected chi connectivity index (χ0v) is 9.55. The van der Waals surface area contributed by atoms with Gasteiger partial charge >= 0.3 is 5.97 Å². The zero-order chi connectivity index (χ0) is 12.0. The lowest BCUT2D eigenvalue weighted by atomic mass is 9.68. The van der Waals surface area contributed by atoms with E-state index in [1.165, 1.54) is 0 Å². The number of aromatic nitrogens is 3. The molecular formula is C12H13N3O2. The molecule has 17 heavy (non-hydrogen) atoms. The second-order valence-electron chi connectivity index (χ2n) is 4.69. The molecule has 0 saturated heterocycles. The monoisotopic (exact) mass is 231 g/mol. The van der Waals surface area contributed by atoms with Gasteiger partial charge in [0.25, 0.3) is 0 Å². The van der Waals surface area contributed by atoms with Gasteiger partial charge in [-0.25, -0.2) is 9.50 Å². The van der Waals surface area contributed by atoms with Crippen molar-refractivity contribution in [2.75, 3.05) is 0 Å². The Morgan fingerprint density at radius 2 is 2.24 bits per heavy atom. The van der Waals surface area contributed by atoms with Gasteiger partial charge in [0.05, 0.1) is 0 Å². The van der Waals surface area contributed by atoms with Crippen molar-refractivity contribution in [3.8, 4) is 0 Å². The van der Waals surface area contributed by atoms with Gasteiger partial charge in [-0.15, -0.1) is 0 Å². The average molecular weight is 231 g/mol. The van der Waals surface area contributed by atoms with Crippen molar-refractivity contribution in [2.24, 2.45) is 0 Å². The van der Waals surface area contributed by atoms with Gasteiger partial charge in [0, 0.05) is 6.20 Å². The molecule has 2 aromatic rings. The molecule has 0 amide bonds. The topological polar surface area (TPSA) is 67.5 Å². The minimum Gasteiger partial charge on any atom is -0.480 e. The van der Waals surface area contributed by atoms with E-state index in [1.807, 2.05) is 25.3 Å². The minimum absolute atomic E-state index is 0.446. The Balaban J connectivity index is 2.14. The van der Waals surface area contributed by atoms with Crippen LogP contribution in [0.15, 0.2) is 18.3 Å². The van der Waals surface area contributed by atoms with Crippen LogP contribution in [0.1, 0.15) is 30.7 Å². The van der Waals surface area contributed by atoms with Crippen molar-refractivity contribution in [1.29, 1.82) is 0 Å². The number of pyridine rings is 1. The fourth-order valence-corrected chi connectivity index (χ4v) is 2.25. The molecule has 0 bridgehead atoms. The molecule has 0 atom stereocenters. The Morgan fingerprint density at radius 3 is 2.82 bits per heavy atom. The molecule has 88 valence electrons. The molecule has 0 aromatic carbocycles. The van der Waals surface area contributed by atoms with E-state index in [0.29, 0.717) is 24.3 Å². The highest BCUT2D eigenvalue weighted by Gasteiger charge is 2.49. The molecule has 0 unspecified atom stereocenters. The summed E-state index contributed by atoms with van der Waals surface area (Å²) < 4.78 is 1.66. The molecule has 0 radical (unpaired) electrons. The van der Waals surface area contributed by atoms with E-state index >= 15 is 0 Å². The van der Waals surface area contributed by atoms with Crippen LogP contribution >= 0.6 is 0 Å². The van der Waals surface area contributed by atoms with Crippen molar-refractivity contribution in [3.05, 3.63) is 29.7 Å². The molecular weight excluding hydrogens is 218 g/mol. The van der Waals surface area contributed by atoms with Crippen LogP contribution in [0.2, 0.25) is 0 Å². The highest BCUT2D eigenvalue weighted by atomic mass is 16.4. The number of aryl methyl sites for hydroxylation is 1. The van der Waals surface area contributed by atoms with Crippen molar-refractivity contribution in [2.45, 2.75) is 31.6 Å². The molecule has 3 rings (SSSR count). The predicted octanol–water partition coefficient (Wildman–Crippen LogP) is 1.54. The highest BCUT2D eigenvalue weighted by molar-refractivity contribution is 5.81. The van der Waals surface area contributed by atoms with Gasteiger partial charge in [-0.2, -0.15) is 5.10 Å². The summed E-state index contributed by atoms with van der Waals surface area (Å²) in [7, 11) is 0. The normalized spacial score (nSPS) is 17.9. The maximum atomic E-state index is 11.4. The zero-order valence-electron chi connectivity index (χ0n) is 9.55. The summed E-state index contributed by atoms with van der Waals surface area (Å²) in [5.74, 6) is -0.363. The van der Waals surface area contributed by atoms with Gasteiger partial charge in [-0.1, -0.05) is 12.5 Å². The molecule has 5 heteroatoms. The molecule has 1 aliphatic rings. The third kappa shape index (κ3) is 1.35. The third-order valence-electron chi connectivity index (χ3n) is 3.52. The van der Waals surface area contributed by atoms with Crippen LogP contribution in [-0.2, 0) is 10.2 Å². The average Bonchev–Trinajstić information content (AvgIpc) is 2.57. The SMILES string of the molecule is Cc1ccc2nc(C3(C(=O)O)CCC3)nn2c1. The maximum Gasteiger partial charge on any atom is 0.317 e. The second kappa shape index (κ2) is 3.29. The number of aliphatic carboxylic acids is 1. The van der Waals surface area contributed by atoms with E-state index in [-0.39, 0.29) is 0 Å². The first kappa shape index (κ1) is 10.3. The summed E-state index contributed by atoms with van der Waals surface area (Å²) in [6, 6.07) is 3.81. The van der Waals surface area contributed by atoms with Gasteiger partial charge in [-0.3, -0.25) is 4.79 Å². The molecule has 1 saturated carbocycles. The fraction of sp³-hybridized carbons (Fsp3) is 0.417. The molecule has 5 nitrogen and oxygen atoms in total. The quantitative estimate of drug-likeness (QED) is 0.851. The predicted molar refractivity (Wildman–Crippen MR) is 60.9 cm³/mol. The summed E-state index contributed by atoms with van der Waals surface area (Å²) >= 11 is 0. The Labute approximate surface area is 98.1 Å². The van der Waals surface area contributed by atoms with Crippen molar-refractivity contribution >= 4 is 11.6 Å². The second-order valence-corrected chi connectivity index (χ2v) is 4.69. The lowest BCUT2D eigenvalue weighted by Gasteiger charge is -2.34. The number of carbonyl (C=O) groups is 1. The number of carboxylic acids is 1. The molecule has 0 spiro atoms. The molecule has 1 aliphatic carbocycles. The molecule has 2 aromatic heterocycles. The Bertz CT molecular complexity index is 599. The highest BCUT2D eigenvalue weighted by Crippen LogP contribution is 2.42. The van der Waals surface area contributed by atoms with Crippen LogP contribution in [0, 0.1) is 6.92 Å². The van der Waals surface area contributed by atoms with Crippen LogP contribution in [-0.4, -0.2) is 25.7 Å². The van der Waals surface area contributed by atoms with Crippen LogP contribution in [0.4, 0.5) is 0 Å². The molecule has 1 N–H and O–H groups in total. The molecule has 2 heterocycles. The maximum absolute atomic E-state index is 11.4. The van der Waals surface area contributed by atoms with Gasteiger partial charge in [-0.05, 0) is 31.4 Å². The Hall–Kier alpha value is -1.91. The first-order valence-corrected chi connectivity index (χ1v) is 5.69. The van der Waals surface area contributed by atoms with E-state index < -0.39 is 11.4 Å². The van der Waals surface area contributed by atoms with E-state index in [2.05, 4.69) is 10.1 Å². The van der Waals surface area contributed by atoms with Crippen LogP contribution in [0.3, 0.4) is 0 Å². The largest absolute Gasteiger partial charge is 0.480 e. The fourth-order valence-electron chi connectivity index (χ4n) is 2.25. The first-order chi connectivity index (χ1) is 8.12. The summed E-state index contributed by atoms with van der Waals surface area (Å²) in [6.45, 7) is 1.97. The van der Waals surface area contributed by atoms with Crippen LogP contribution in [0.5, 0.6) is 0 Å². The minimum atomic E-state index is -0.847. The summed E-state index contributed by atoms with van der Waals surface area (Å²) in [5.41, 5.74) is 0.935. The van der Waals surface area contributed by atoms with Crippen molar-refractivity contribution in [3.63, 3.8) is 0 Å². The number of hydrogen-bond donors (Lipinski definition) is 1. The van der Waals surface area contributed by atoms with E-state index in [9.17, 15) is 9.90 Å². The number of hydrogen-bond acceptors (Lipinski definition) is 3. The van der Waals surface area contributed by atoms with Crippen LogP contribution in [0.25, 0.3) is 5.65 Å². The number of nitrogens with zero attached hydrogens (tertiary/aromatic N) is 3. The van der Waals surface area contributed by atoms with Gasteiger partial charge in [0.15, 0.2) is 11.5 Å². The Kier molecular flexibility index (Phi) is 1.98. The number of fused-ring (bicyclic) bond motifs is 1. The summed E-state index contributed by atoms with van der Waals surface area (Å²) in [5, 5.41) is 13.6. The lowest BCUT2D eigenvalue weighted by molar-refractivity contribution is -0.147. The molecule has 1 fully saturated rings. The number of rotatable bonds is 2. The van der Waals surface area contributed by atoms with E-state index in [4.69, 9.17) is 0 Å². The van der Waals surface area contributed by atoms with E-state index in [0.717, 1.165) is 12.0 Å². The lowest BCUT2D eigenvalue weighted by Crippen LogP contribution is -2.43. The third-order valence-corrected chi connectivity index (χ3v) is 3.52. The standard InChI is InChI=1S/C12H13N3O2/c1-8-3-4-9-13-10(14-15(9)7-8)12(11(16)17)5-2-6-12/h3-4,7H,2,5-6H2,1H3,(H,16,17). The number of carboxylic acid groups (broad SMARTS) is 1. The summed E-state index contributed by atoms with van der Waals surface area (Å²) in [6.07, 6.45) is 4.07. The van der Waals surface area contributed by atoms with Crippen molar-refractivity contribution in [1.82, 2.24) is 14.6 Å². The summed E-state index contributed by atoms with van der Waals surface area (Å²) in [4.78, 5) is 15.7.